The highest BCUT2D eigenvalue weighted by molar-refractivity contribution is 5.92. The fourth-order valence-corrected chi connectivity index (χ4v) is 3.63. The summed E-state index contributed by atoms with van der Waals surface area (Å²) in [5.41, 5.74) is 1.53. The number of aromatic nitrogens is 2. The predicted octanol–water partition coefficient (Wildman–Crippen LogP) is 3.46. The normalized spacial score (nSPS) is 19.1. The topological polar surface area (TPSA) is 101 Å². The van der Waals surface area contributed by atoms with Gasteiger partial charge in [0.1, 0.15) is 18.1 Å². The minimum absolute atomic E-state index is 0.124. The Kier molecular flexibility index (Phi) is 5.20. The number of pyridine rings is 1. The second-order valence-corrected chi connectivity index (χ2v) is 6.98. The molecule has 1 aliphatic rings. The molecule has 0 spiro atoms. The molecule has 7 nitrogen and oxygen atoms in total. The summed E-state index contributed by atoms with van der Waals surface area (Å²) in [4.78, 5) is 16.3. The molecular weight excluding hydrogens is 356 g/mol. The average molecular weight is 376 g/mol. The zero-order valence-corrected chi connectivity index (χ0v) is 15.3. The molecule has 4 rings (SSSR count). The van der Waals surface area contributed by atoms with E-state index in [2.05, 4.69) is 21.5 Å². The highest BCUT2D eigenvalue weighted by atomic mass is 16.5. The minimum Gasteiger partial charge on any atom is -0.490 e. The number of hydrogen-bond acceptors (Lipinski definition) is 6. The number of carbonyl (C=O) groups is 1. The van der Waals surface area contributed by atoms with Crippen molar-refractivity contribution in [2.75, 3.05) is 6.54 Å². The van der Waals surface area contributed by atoms with Crippen LogP contribution < -0.4 is 10.1 Å². The smallest absolute Gasteiger partial charge is 0.273 e. The van der Waals surface area contributed by atoms with Crippen molar-refractivity contribution in [3.63, 3.8) is 0 Å². The largest absolute Gasteiger partial charge is 0.490 e. The van der Waals surface area contributed by atoms with Crippen LogP contribution in [0.25, 0.3) is 10.9 Å². The number of carbonyl (C=O) groups excluding carboxylic acids is 1. The fraction of sp³-hybridized carbons (Fsp3) is 0.333. The van der Waals surface area contributed by atoms with Gasteiger partial charge >= 0.3 is 0 Å². The molecule has 142 valence electrons. The zero-order valence-electron chi connectivity index (χ0n) is 15.3. The molecule has 2 heterocycles. The van der Waals surface area contributed by atoms with Gasteiger partial charge in [-0.15, -0.1) is 0 Å². The fourth-order valence-electron chi connectivity index (χ4n) is 3.63. The lowest BCUT2D eigenvalue weighted by Gasteiger charge is -2.29. The summed E-state index contributed by atoms with van der Waals surface area (Å²) in [6.45, 7) is 0.627. The van der Waals surface area contributed by atoms with Gasteiger partial charge in [-0.3, -0.25) is 9.78 Å². The molecule has 0 aliphatic heterocycles. The van der Waals surface area contributed by atoms with Gasteiger partial charge in [-0.05, 0) is 49.8 Å². The number of benzene rings is 1. The molecule has 0 saturated heterocycles. The quantitative estimate of drug-likeness (QED) is 0.732. The molecule has 0 unspecified atom stereocenters. The molecular formula is C21H20N4O3. The van der Waals surface area contributed by atoms with E-state index in [4.69, 9.17) is 9.26 Å². The molecule has 2 aromatic heterocycles. The highest BCUT2D eigenvalue weighted by Crippen LogP contribution is 2.31. The van der Waals surface area contributed by atoms with E-state index in [1.54, 1.807) is 18.3 Å². The van der Waals surface area contributed by atoms with Crippen LogP contribution in [0.2, 0.25) is 0 Å². The summed E-state index contributed by atoms with van der Waals surface area (Å²) in [7, 11) is 0. The van der Waals surface area contributed by atoms with E-state index in [9.17, 15) is 10.1 Å². The first-order valence-electron chi connectivity index (χ1n) is 9.37. The van der Waals surface area contributed by atoms with Crippen LogP contribution in [-0.2, 0) is 0 Å². The molecule has 1 saturated carbocycles. The molecule has 1 fully saturated rings. The number of hydrogen-bond donors (Lipinski definition) is 1. The van der Waals surface area contributed by atoms with Gasteiger partial charge in [-0.1, -0.05) is 11.2 Å². The van der Waals surface area contributed by atoms with E-state index in [0.29, 0.717) is 29.2 Å². The van der Waals surface area contributed by atoms with Gasteiger partial charge in [0, 0.05) is 24.2 Å². The number of nitrogens with one attached hydrogen (secondary N) is 1. The van der Waals surface area contributed by atoms with Crippen LogP contribution in [0.3, 0.4) is 0 Å². The molecule has 28 heavy (non-hydrogen) atoms. The van der Waals surface area contributed by atoms with Gasteiger partial charge in [-0.2, -0.15) is 5.26 Å². The molecule has 7 heteroatoms. The Bertz CT molecular complexity index is 1000. The third-order valence-electron chi connectivity index (χ3n) is 5.16. The second-order valence-electron chi connectivity index (χ2n) is 6.98. The predicted molar refractivity (Wildman–Crippen MR) is 102 cm³/mol. The number of amides is 1. The Balaban J connectivity index is 1.33. The standard InChI is InChI=1S/C21H20N4O3/c22-12-15-2-1-3-17-19(8-10-23-20(15)17)28-16-6-4-14(5-7-16)13-24-21(26)18-9-11-27-25-18/h1-3,8-11,14,16H,4-7,13H2,(H,24,26). The Morgan fingerprint density at radius 3 is 2.86 bits per heavy atom. The van der Waals surface area contributed by atoms with Crippen molar-refractivity contribution in [3.05, 3.63) is 54.0 Å². The lowest BCUT2D eigenvalue weighted by atomic mass is 9.87. The number of nitrogens with zero attached hydrogens (tertiary/aromatic N) is 3. The Morgan fingerprint density at radius 1 is 1.25 bits per heavy atom. The molecule has 3 aromatic rings. The van der Waals surface area contributed by atoms with Gasteiger partial charge in [0.25, 0.3) is 5.91 Å². The van der Waals surface area contributed by atoms with Crippen molar-refractivity contribution in [2.24, 2.45) is 5.92 Å². The lowest BCUT2D eigenvalue weighted by Crippen LogP contribution is -2.33. The van der Waals surface area contributed by atoms with Crippen LogP contribution in [0.15, 0.2) is 47.3 Å². The van der Waals surface area contributed by atoms with Crippen molar-refractivity contribution in [3.8, 4) is 11.8 Å². The Labute approximate surface area is 162 Å². The van der Waals surface area contributed by atoms with Crippen molar-refractivity contribution < 1.29 is 14.1 Å². The van der Waals surface area contributed by atoms with Crippen LogP contribution in [0.1, 0.15) is 41.7 Å². The zero-order chi connectivity index (χ0) is 19.3. The van der Waals surface area contributed by atoms with Crippen molar-refractivity contribution in [1.29, 1.82) is 5.26 Å². The first-order valence-corrected chi connectivity index (χ1v) is 9.37. The van der Waals surface area contributed by atoms with Gasteiger partial charge < -0.3 is 14.6 Å². The monoisotopic (exact) mass is 376 g/mol. The van der Waals surface area contributed by atoms with E-state index >= 15 is 0 Å². The molecule has 0 radical (unpaired) electrons. The summed E-state index contributed by atoms with van der Waals surface area (Å²) in [5.74, 6) is 0.989. The van der Waals surface area contributed by atoms with Crippen molar-refractivity contribution >= 4 is 16.8 Å². The third-order valence-corrected chi connectivity index (χ3v) is 5.16. The highest BCUT2D eigenvalue weighted by Gasteiger charge is 2.24. The average Bonchev–Trinajstić information content (AvgIpc) is 3.28. The maximum atomic E-state index is 11.9. The number of ether oxygens (including phenoxy) is 1. The molecule has 1 amide bonds. The number of para-hydroxylation sites is 1. The lowest BCUT2D eigenvalue weighted by molar-refractivity contribution is 0.0920. The van der Waals surface area contributed by atoms with E-state index < -0.39 is 0 Å². The molecule has 0 atom stereocenters. The minimum atomic E-state index is -0.205. The van der Waals surface area contributed by atoms with E-state index in [-0.39, 0.29) is 12.0 Å². The van der Waals surface area contributed by atoms with Gasteiger partial charge in [-0.25, -0.2) is 0 Å². The number of fused-ring (bicyclic) bond motifs is 1. The van der Waals surface area contributed by atoms with E-state index in [1.165, 1.54) is 6.26 Å². The van der Waals surface area contributed by atoms with Crippen molar-refractivity contribution in [1.82, 2.24) is 15.5 Å². The van der Waals surface area contributed by atoms with Crippen molar-refractivity contribution in [2.45, 2.75) is 31.8 Å². The third kappa shape index (κ3) is 3.81. The first-order chi connectivity index (χ1) is 13.7. The Morgan fingerprint density at radius 2 is 2.11 bits per heavy atom. The van der Waals surface area contributed by atoms with Gasteiger partial charge in [0.05, 0.1) is 17.2 Å². The van der Waals surface area contributed by atoms with Crippen LogP contribution in [0, 0.1) is 17.2 Å². The first kappa shape index (κ1) is 18.0. The molecule has 1 aromatic carbocycles. The summed E-state index contributed by atoms with van der Waals surface area (Å²) in [6.07, 6.45) is 7.01. The second kappa shape index (κ2) is 8.09. The van der Waals surface area contributed by atoms with Gasteiger partial charge in [0.15, 0.2) is 5.69 Å². The maximum Gasteiger partial charge on any atom is 0.273 e. The Hall–Kier alpha value is -3.40. The summed E-state index contributed by atoms with van der Waals surface area (Å²) in [5, 5.41) is 16.7. The van der Waals surface area contributed by atoms with Crippen LogP contribution in [0.5, 0.6) is 5.75 Å². The van der Waals surface area contributed by atoms with Crippen LogP contribution in [-0.4, -0.2) is 28.7 Å². The summed E-state index contributed by atoms with van der Waals surface area (Å²) < 4.78 is 10.9. The van der Waals surface area contributed by atoms with Crippen LogP contribution >= 0.6 is 0 Å². The van der Waals surface area contributed by atoms with Crippen LogP contribution in [0.4, 0.5) is 0 Å². The van der Waals surface area contributed by atoms with Gasteiger partial charge in [0.2, 0.25) is 0 Å². The summed E-state index contributed by atoms with van der Waals surface area (Å²) >= 11 is 0. The number of rotatable bonds is 5. The SMILES string of the molecule is N#Cc1cccc2c(OC3CCC(CNC(=O)c4ccon4)CC3)ccnc12. The molecule has 1 aliphatic carbocycles. The van der Waals surface area contributed by atoms with E-state index in [0.717, 1.165) is 36.8 Å². The summed E-state index contributed by atoms with van der Waals surface area (Å²) in [6, 6.07) is 11.1. The number of nitriles is 1. The molecule has 1 N–H and O–H groups in total. The molecule has 0 bridgehead atoms. The van der Waals surface area contributed by atoms with E-state index in [1.807, 2.05) is 18.2 Å². The maximum absolute atomic E-state index is 11.9.